The Balaban J connectivity index is 1.06. The SMILES string of the molecule is Nc1ncnc2c1nnn2[C@@H]1O[C@H](COP)[C@@H](COPOC[C@H]2O[C@@H](n3ccc(=O)n4ccnc34)[C@H](OS)[C@@H]2O)[C@@H]1F. The zero-order chi connectivity index (χ0) is 29.4. The van der Waals surface area contributed by atoms with E-state index in [0.717, 1.165) is 0 Å². The molecule has 6 rings (SSSR count). The normalized spacial score (nSPS) is 30.0. The van der Waals surface area contributed by atoms with Crippen molar-refractivity contribution in [1.82, 2.24) is 38.9 Å². The molecule has 2 unspecified atom stereocenters. The molecule has 42 heavy (non-hydrogen) atoms. The number of aromatic nitrogens is 8. The van der Waals surface area contributed by atoms with Gasteiger partial charge in [0.15, 0.2) is 44.6 Å². The summed E-state index contributed by atoms with van der Waals surface area (Å²) in [7, 11) is 1.60. The van der Waals surface area contributed by atoms with Gasteiger partial charge >= 0.3 is 0 Å². The second-order valence-corrected chi connectivity index (χ2v) is 10.7. The summed E-state index contributed by atoms with van der Waals surface area (Å²) >= 11 is 3.90. The van der Waals surface area contributed by atoms with E-state index in [-0.39, 0.29) is 42.4 Å². The first-order valence-electron chi connectivity index (χ1n) is 12.5. The molecule has 3 N–H and O–H groups in total. The van der Waals surface area contributed by atoms with Gasteiger partial charge in [-0.2, -0.15) is 4.68 Å². The van der Waals surface area contributed by atoms with Crippen LogP contribution in [0.2, 0.25) is 0 Å². The lowest BCUT2D eigenvalue weighted by atomic mass is 10.0. The number of hydrogen-bond donors (Lipinski definition) is 3. The van der Waals surface area contributed by atoms with Gasteiger partial charge in [-0.15, -0.1) is 5.10 Å². The number of alkyl halides is 1. The number of nitrogens with two attached hydrogens (primary N) is 1. The number of fused-ring (bicyclic) bond motifs is 2. The molecule has 21 heteroatoms. The molecule has 2 aliphatic rings. The maximum absolute atomic E-state index is 15.7. The van der Waals surface area contributed by atoms with Crippen LogP contribution in [-0.4, -0.2) is 94.4 Å². The van der Waals surface area contributed by atoms with Crippen molar-refractivity contribution in [2.24, 2.45) is 5.92 Å². The fraction of sp³-hybridized carbons (Fsp3) is 0.524. The summed E-state index contributed by atoms with van der Waals surface area (Å²) in [6.07, 6.45) is -1.31. The first kappa shape index (κ1) is 29.6. The molecule has 0 bridgehead atoms. The predicted molar refractivity (Wildman–Crippen MR) is 149 cm³/mol. The van der Waals surface area contributed by atoms with Crippen molar-refractivity contribution in [2.75, 3.05) is 25.6 Å². The van der Waals surface area contributed by atoms with Gasteiger partial charge < -0.3 is 38.1 Å². The van der Waals surface area contributed by atoms with E-state index in [1.807, 2.05) is 0 Å². The molecule has 4 aromatic heterocycles. The van der Waals surface area contributed by atoms with Crippen molar-refractivity contribution < 1.29 is 36.7 Å². The minimum Gasteiger partial charge on any atom is -0.387 e. The molecule has 4 aromatic rings. The Hall–Kier alpha value is -2.44. The van der Waals surface area contributed by atoms with E-state index in [2.05, 4.69) is 47.6 Å². The number of nitrogens with zero attached hydrogens (tertiary/aromatic N) is 8. The number of aliphatic hydroxyl groups is 1. The Labute approximate surface area is 245 Å². The van der Waals surface area contributed by atoms with Crippen molar-refractivity contribution in [3.05, 3.63) is 41.3 Å². The average molecular weight is 646 g/mol. The first-order chi connectivity index (χ1) is 20.4. The third-order valence-corrected chi connectivity index (χ3v) is 8.09. The van der Waals surface area contributed by atoms with Crippen molar-refractivity contribution in [2.45, 2.75) is 43.0 Å². The van der Waals surface area contributed by atoms with Gasteiger partial charge in [-0.1, -0.05) is 5.21 Å². The van der Waals surface area contributed by atoms with Crippen molar-refractivity contribution >= 4 is 54.2 Å². The van der Waals surface area contributed by atoms with Gasteiger partial charge in [-0.3, -0.25) is 13.8 Å². The van der Waals surface area contributed by atoms with Gasteiger partial charge in [-0.25, -0.2) is 19.3 Å². The molecule has 0 radical (unpaired) electrons. The number of anilines is 1. The molecule has 226 valence electrons. The number of halogens is 1. The molecule has 0 saturated carbocycles. The summed E-state index contributed by atoms with van der Waals surface area (Å²) in [6.45, 7) is -0.0542. The van der Waals surface area contributed by atoms with Crippen LogP contribution in [-0.2, 0) is 27.2 Å². The highest BCUT2D eigenvalue weighted by Crippen LogP contribution is 2.39. The summed E-state index contributed by atoms with van der Waals surface area (Å²) in [6, 6.07) is 1.35. The highest BCUT2D eigenvalue weighted by Gasteiger charge is 2.48. The summed E-state index contributed by atoms with van der Waals surface area (Å²) in [5.41, 5.74) is 6.02. The summed E-state index contributed by atoms with van der Waals surface area (Å²) in [5.74, 6) is -0.313. The van der Waals surface area contributed by atoms with Gasteiger partial charge in [0.1, 0.15) is 24.6 Å². The van der Waals surface area contributed by atoms with E-state index in [0.29, 0.717) is 5.78 Å². The average Bonchev–Trinajstić information content (AvgIpc) is 3.76. The van der Waals surface area contributed by atoms with Crippen molar-refractivity contribution in [1.29, 1.82) is 0 Å². The number of nitrogen functional groups attached to an aromatic ring is 1. The maximum Gasteiger partial charge on any atom is 0.258 e. The second-order valence-electron chi connectivity index (χ2n) is 9.46. The van der Waals surface area contributed by atoms with Crippen molar-refractivity contribution in [3.8, 4) is 0 Å². The van der Waals surface area contributed by atoms with Gasteiger partial charge in [0, 0.05) is 40.0 Å². The molecule has 2 saturated heterocycles. The number of rotatable bonds is 11. The Morgan fingerprint density at radius 2 is 1.95 bits per heavy atom. The van der Waals surface area contributed by atoms with E-state index in [1.165, 1.54) is 40.1 Å². The van der Waals surface area contributed by atoms with Crippen LogP contribution in [0, 0.1) is 5.92 Å². The second kappa shape index (κ2) is 12.7. The van der Waals surface area contributed by atoms with E-state index in [9.17, 15) is 9.90 Å². The molecule has 6 heterocycles. The van der Waals surface area contributed by atoms with Crippen LogP contribution in [0.15, 0.2) is 35.8 Å². The lowest BCUT2D eigenvalue weighted by molar-refractivity contribution is -0.0442. The van der Waals surface area contributed by atoms with Crippen LogP contribution in [0.25, 0.3) is 16.9 Å². The van der Waals surface area contributed by atoms with Crippen LogP contribution >= 0.6 is 31.4 Å². The van der Waals surface area contributed by atoms with Crippen molar-refractivity contribution in [3.63, 3.8) is 0 Å². The lowest BCUT2D eigenvalue weighted by Crippen LogP contribution is -2.34. The van der Waals surface area contributed by atoms with Gasteiger partial charge in [0.05, 0.1) is 25.9 Å². The van der Waals surface area contributed by atoms with E-state index < -0.39 is 58.0 Å². The summed E-state index contributed by atoms with van der Waals surface area (Å²) < 4.78 is 53.3. The largest absolute Gasteiger partial charge is 0.387 e. The fourth-order valence-electron chi connectivity index (χ4n) is 5.00. The van der Waals surface area contributed by atoms with E-state index >= 15 is 4.39 Å². The maximum atomic E-state index is 15.7. The number of aliphatic hydroxyl groups excluding tert-OH is 1. The smallest absolute Gasteiger partial charge is 0.258 e. The van der Waals surface area contributed by atoms with Crippen LogP contribution in [0.4, 0.5) is 10.2 Å². The molecule has 0 spiro atoms. The Kier molecular flexibility index (Phi) is 8.93. The minimum atomic E-state index is -1.55. The van der Waals surface area contributed by atoms with E-state index in [1.54, 1.807) is 4.57 Å². The quantitative estimate of drug-likeness (QED) is 0.0853. The first-order valence-corrected chi connectivity index (χ1v) is 14.2. The monoisotopic (exact) mass is 645 g/mol. The summed E-state index contributed by atoms with van der Waals surface area (Å²) in [4.78, 5) is 24.3. The van der Waals surface area contributed by atoms with Crippen LogP contribution in [0.1, 0.15) is 12.5 Å². The Bertz CT molecular complexity index is 1600. The Morgan fingerprint density at radius 3 is 2.76 bits per heavy atom. The number of ether oxygens (including phenoxy) is 2. The molecule has 2 aliphatic heterocycles. The third-order valence-electron chi connectivity index (χ3n) is 7.08. The van der Waals surface area contributed by atoms with Gasteiger partial charge in [0.2, 0.25) is 5.78 Å². The predicted octanol–water partition coefficient (Wildman–Crippen LogP) is 0.00150. The molecule has 0 aromatic carbocycles. The zero-order valence-corrected chi connectivity index (χ0v) is 24.5. The highest BCUT2D eigenvalue weighted by molar-refractivity contribution is 7.75. The minimum absolute atomic E-state index is 0.0626. The standard InChI is InChI=1S/C21H26FN9O8P2S/c22-13-9(10(6-34-40)37-19(13)31-18-14(27-28-31)17(23)25-8-26-18)5-35-41-36-7-11-15(33)16(39-42)20(38-11)30-3-1-12(32)29-4-2-24-21(29)30/h1-4,8-11,13,15-16,19-20,33,41-42H,5-7,40H2,(H2,23,25,26)/t9-,10-,11-,13+,15-,16-,19-,20-/m1/s1. The van der Waals surface area contributed by atoms with Crippen LogP contribution in [0.5, 0.6) is 0 Å². The van der Waals surface area contributed by atoms with Gasteiger partial charge in [-0.05, 0) is 12.9 Å². The fourth-order valence-corrected chi connectivity index (χ4v) is 6.00. The molecule has 10 atom stereocenters. The molecule has 17 nitrogen and oxygen atoms in total. The topological polar surface area (TPSA) is 197 Å². The lowest BCUT2D eigenvalue weighted by Gasteiger charge is -2.20. The zero-order valence-electron chi connectivity index (χ0n) is 21.5. The summed E-state index contributed by atoms with van der Waals surface area (Å²) in [5, 5.41) is 18.7. The number of imidazole rings is 1. The van der Waals surface area contributed by atoms with Crippen LogP contribution < -0.4 is 11.3 Å². The Morgan fingerprint density at radius 1 is 1.14 bits per heavy atom. The molecular weight excluding hydrogens is 619 g/mol. The number of thiol groups is 1. The van der Waals surface area contributed by atoms with Gasteiger partial charge in [0.25, 0.3) is 5.56 Å². The van der Waals surface area contributed by atoms with E-state index in [4.69, 9.17) is 33.0 Å². The molecule has 0 aliphatic carbocycles. The molecular formula is C21H26FN9O8P2S. The highest BCUT2D eigenvalue weighted by atomic mass is 32.1. The number of hydrogen-bond acceptors (Lipinski definition) is 15. The molecule has 2 fully saturated rings. The third kappa shape index (κ3) is 5.38. The van der Waals surface area contributed by atoms with Crippen LogP contribution in [0.3, 0.4) is 0 Å². The molecule has 0 amide bonds.